The molecule has 2 N–H and O–H groups in total. The standard InChI is InChI=1S/C20H30N6O/c1-4-25(18-9-5-7-15(2)13-18)12-10-21-20(27)26-11-6-8-17(14-26)19-22-16(3)23-24-19/h5,7,9,13,17H,4,6,8,10-12,14H2,1-3H3,(H,21,27)(H,22,23,24)/t17-/m0/s1. The third-order valence-electron chi connectivity index (χ3n) is 5.09. The van der Waals surface area contributed by atoms with Gasteiger partial charge in [0, 0.05) is 44.3 Å². The zero-order valence-electron chi connectivity index (χ0n) is 16.5. The molecule has 1 aromatic carbocycles. The summed E-state index contributed by atoms with van der Waals surface area (Å²) >= 11 is 0. The van der Waals surface area contributed by atoms with Gasteiger partial charge in [-0.15, -0.1) is 0 Å². The first-order valence-corrected chi connectivity index (χ1v) is 9.80. The molecular formula is C20H30N6O. The quantitative estimate of drug-likeness (QED) is 0.820. The Hall–Kier alpha value is -2.57. The van der Waals surface area contributed by atoms with E-state index in [1.807, 2.05) is 11.8 Å². The fourth-order valence-corrected chi connectivity index (χ4v) is 3.62. The van der Waals surface area contributed by atoms with Crippen LogP contribution in [-0.4, -0.2) is 58.8 Å². The van der Waals surface area contributed by atoms with Crippen molar-refractivity contribution in [2.75, 3.05) is 37.6 Å². The van der Waals surface area contributed by atoms with E-state index in [0.717, 1.165) is 44.1 Å². The van der Waals surface area contributed by atoms with Crippen molar-refractivity contribution in [1.29, 1.82) is 0 Å². The molecule has 0 bridgehead atoms. The third-order valence-corrected chi connectivity index (χ3v) is 5.09. The fraction of sp³-hybridized carbons (Fsp3) is 0.550. The highest BCUT2D eigenvalue weighted by molar-refractivity contribution is 5.74. The number of hydrogen-bond donors (Lipinski definition) is 2. The molecule has 0 radical (unpaired) electrons. The lowest BCUT2D eigenvalue weighted by Gasteiger charge is -2.32. The number of carbonyl (C=O) groups excluding carboxylic acids is 1. The van der Waals surface area contributed by atoms with Crippen LogP contribution in [0, 0.1) is 13.8 Å². The Morgan fingerprint density at radius 1 is 1.41 bits per heavy atom. The van der Waals surface area contributed by atoms with Crippen molar-refractivity contribution in [3.63, 3.8) is 0 Å². The Morgan fingerprint density at radius 3 is 2.96 bits per heavy atom. The van der Waals surface area contributed by atoms with Gasteiger partial charge in [-0.3, -0.25) is 5.10 Å². The molecule has 0 unspecified atom stereocenters. The van der Waals surface area contributed by atoms with Gasteiger partial charge in [0.15, 0.2) is 5.82 Å². The Morgan fingerprint density at radius 2 is 2.26 bits per heavy atom. The highest BCUT2D eigenvalue weighted by Crippen LogP contribution is 2.24. The summed E-state index contributed by atoms with van der Waals surface area (Å²) in [6.07, 6.45) is 2.01. The number of likely N-dealkylation sites (N-methyl/N-ethyl adjacent to an activating group) is 1. The van der Waals surface area contributed by atoms with Gasteiger partial charge in [-0.05, 0) is 51.3 Å². The largest absolute Gasteiger partial charge is 0.370 e. The van der Waals surface area contributed by atoms with Crippen LogP contribution in [0.25, 0.3) is 0 Å². The number of nitrogens with one attached hydrogen (secondary N) is 2. The topological polar surface area (TPSA) is 77.2 Å². The summed E-state index contributed by atoms with van der Waals surface area (Å²) in [6, 6.07) is 8.48. The molecule has 0 saturated carbocycles. The van der Waals surface area contributed by atoms with Gasteiger partial charge in [0.05, 0.1) is 0 Å². The molecule has 1 aromatic heterocycles. The number of benzene rings is 1. The maximum Gasteiger partial charge on any atom is 0.317 e. The molecule has 0 aliphatic carbocycles. The molecule has 7 nitrogen and oxygen atoms in total. The van der Waals surface area contributed by atoms with E-state index in [1.54, 1.807) is 0 Å². The summed E-state index contributed by atoms with van der Waals surface area (Å²) in [5.41, 5.74) is 2.45. The summed E-state index contributed by atoms with van der Waals surface area (Å²) in [6.45, 7) is 9.94. The Balaban J connectivity index is 1.49. The molecule has 2 amide bonds. The Bertz CT molecular complexity index is 758. The van der Waals surface area contributed by atoms with E-state index >= 15 is 0 Å². The minimum Gasteiger partial charge on any atom is -0.370 e. The van der Waals surface area contributed by atoms with Gasteiger partial charge in [-0.2, -0.15) is 5.10 Å². The summed E-state index contributed by atoms with van der Waals surface area (Å²) in [5.74, 6) is 1.86. The molecule has 1 fully saturated rings. The van der Waals surface area contributed by atoms with Crippen LogP contribution in [0.5, 0.6) is 0 Å². The van der Waals surface area contributed by atoms with Gasteiger partial charge in [-0.25, -0.2) is 9.78 Å². The number of nitrogens with zero attached hydrogens (tertiary/aromatic N) is 4. The lowest BCUT2D eigenvalue weighted by molar-refractivity contribution is 0.178. The van der Waals surface area contributed by atoms with E-state index in [0.29, 0.717) is 13.1 Å². The number of aryl methyl sites for hydroxylation is 2. The molecule has 1 aliphatic rings. The van der Waals surface area contributed by atoms with Crippen LogP contribution in [0.15, 0.2) is 24.3 Å². The van der Waals surface area contributed by atoms with E-state index < -0.39 is 0 Å². The predicted molar refractivity (Wildman–Crippen MR) is 107 cm³/mol. The highest BCUT2D eigenvalue weighted by atomic mass is 16.2. The number of carbonyl (C=O) groups is 1. The van der Waals surface area contributed by atoms with Gasteiger partial charge in [0.2, 0.25) is 0 Å². The number of urea groups is 1. The van der Waals surface area contributed by atoms with E-state index in [4.69, 9.17) is 0 Å². The first-order valence-electron chi connectivity index (χ1n) is 9.80. The molecule has 146 valence electrons. The second kappa shape index (κ2) is 8.88. The maximum atomic E-state index is 12.6. The van der Waals surface area contributed by atoms with Crippen molar-refractivity contribution < 1.29 is 4.79 Å². The molecular weight excluding hydrogens is 340 g/mol. The van der Waals surface area contributed by atoms with Crippen LogP contribution in [0.4, 0.5) is 10.5 Å². The lowest BCUT2D eigenvalue weighted by Crippen LogP contribution is -2.47. The Labute approximate surface area is 161 Å². The van der Waals surface area contributed by atoms with E-state index in [9.17, 15) is 4.79 Å². The lowest BCUT2D eigenvalue weighted by atomic mass is 9.98. The minimum absolute atomic E-state index is 0.00672. The SMILES string of the molecule is CCN(CCNC(=O)N1CCC[C@H](c2n[nH]c(C)n2)C1)c1cccc(C)c1. The van der Waals surface area contributed by atoms with E-state index in [1.165, 1.54) is 11.3 Å². The van der Waals surface area contributed by atoms with Crippen molar-refractivity contribution >= 4 is 11.7 Å². The normalized spacial score (nSPS) is 17.0. The number of aromatic nitrogens is 3. The molecule has 1 saturated heterocycles. The van der Waals surface area contributed by atoms with Crippen LogP contribution in [-0.2, 0) is 0 Å². The van der Waals surface area contributed by atoms with Crippen LogP contribution in [0.3, 0.4) is 0 Å². The molecule has 3 rings (SSSR count). The van der Waals surface area contributed by atoms with Gasteiger partial charge >= 0.3 is 6.03 Å². The third kappa shape index (κ3) is 4.99. The molecule has 0 spiro atoms. The van der Waals surface area contributed by atoms with Crippen molar-refractivity contribution in [3.05, 3.63) is 41.5 Å². The molecule has 27 heavy (non-hydrogen) atoms. The van der Waals surface area contributed by atoms with E-state index in [-0.39, 0.29) is 11.9 Å². The van der Waals surface area contributed by atoms with Crippen molar-refractivity contribution in [3.8, 4) is 0 Å². The van der Waals surface area contributed by atoms with Gasteiger partial charge < -0.3 is 15.1 Å². The zero-order valence-corrected chi connectivity index (χ0v) is 16.5. The molecule has 2 heterocycles. The molecule has 1 atom stereocenters. The van der Waals surface area contributed by atoms with Crippen LogP contribution < -0.4 is 10.2 Å². The zero-order chi connectivity index (χ0) is 19.2. The molecule has 1 aliphatic heterocycles. The molecule has 7 heteroatoms. The number of hydrogen-bond acceptors (Lipinski definition) is 4. The monoisotopic (exact) mass is 370 g/mol. The van der Waals surface area contributed by atoms with Crippen molar-refractivity contribution in [2.45, 2.75) is 39.5 Å². The minimum atomic E-state index is 0.00672. The van der Waals surface area contributed by atoms with Gasteiger partial charge in [0.1, 0.15) is 5.82 Å². The predicted octanol–water partition coefficient (Wildman–Crippen LogP) is 2.84. The van der Waals surface area contributed by atoms with Crippen molar-refractivity contribution in [1.82, 2.24) is 25.4 Å². The van der Waals surface area contributed by atoms with E-state index in [2.05, 4.69) is 63.5 Å². The van der Waals surface area contributed by atoms with Crippen LogP contribution >= 0.6 is 0 Å². The maximum absolute atomic E-state index is 12.6. The summed E-state index contributed by atoms with van der Waals surface area (Å²) in [5, 5.41) is 10.2. The first kappa shape index (κ1) is 19.2. The first-order chi connectivity index (χ1) is 13.1. The second-order valence-electron chi connectivity index (χ2n) is 7.21. The van der Waals surface area contributed by atoms with Crippen molar-refractivity contribution in [2.24, 2.45) is 0 Å². The highest BCUT2D eigenvalue weighted by Gasteiger charge is 2.27. The number of anilines is 1. The summed E-state index contributed by atoms with van der Waals surface area (Å²) in [7, 11) is 0. The summed E-state index contributed by atoms with van der Waals surface area (Å²) < 4.78 is 0. The van der Waals surface area contributed by atoms with Gasteiger partial charge in [0.25, 0.3) is 0 Å². The van der Waals surface area contributed by atoms with Gasteiger partial charge in [-0.1, -0.05) is 12.1 Å². The average Bonchev–Trinajstić information content (AvgIpc) is 3.11. The van der Waals surface area contributed by atoms with Crippen LogP contribution in [0.1, 0.15) is 42.9 Å². The number of rotatable bonds is 6. The number of amides is 2. The number of likely N-dealkylation sites (tertiary alicyclic amines) is 1. The number of aromatic amines is 1. The fourth-order valence-electron chi connectivity index (χ4n) is 3.62. The number of H-pyrrole nitrogens is 1. The molecule has 2 aromatic rings. The Kier molecular flexibility index (Phi) is 6.32. The second-order valence-corrected chi connectivity index (χ2v) is 7.21. The van der Waals surface area contributed by atoms with Crippen LogP contribution in [0.2, 0.25) is 0 Å². The number of piperidine rings is 1. The average molecular weight is 371 g/mol. The smallest absolute Gasteiger partial charge is 0.317 e. The summed E-state index contributed by atoms with van der Waals surface area (Å²) in [4.78, 5) is 21.2.